The fraction of sp³-hybridized carbons (Fsp3) is 0.0800. The van der Waals surface area contributed by atoms with E-state index in [2.05, 4.69) is 4.98 Å². The average Bonchev–Trinajstić information content (AvgIpc) is 3.12. The smallest absolute Gasteiger partial charge is 0.336 e. The maximum Gasteiger partial charge on any atom is 0.336 e. The van der Waals surface area contributed by atoms with Crippen molar-refractivity contribution in [1.82, 2.24) is 4.98 Å². The number of aromatic nitrogens is 1. The number of nitrogen functional groups attached to an aromatic ring is 1. The van der Waals surface area contributed by atoms with Gasteiger partial charge < -0.3 is 20.9 Å². The quantitative estimate of drug-likeness (QED) is 0.271. The summed E-state index contributed by atoms with van der Waals surface area (Å²) < 4.78 is 13.4. The molecule has 0 aliphatic carbocycles. The van der Waals surface area contributed by atoms with Gasteiger partial charge in [0.25, 0.3) is 0 Å². The van der Waals surface area contributed by atoms with Crippen molar-refractivity contribution in [3.8, 4) is 5.75 Å². The molecule has 0 fully saturated rings. The highest BCUT2D eigenvalue weighted by Crippen LogP contribution is 2.33. The third kappa shape index (κ3) is 3.75. The lowest BCUT2D eigenvalue weighted by molar-refractivity contribution is 0.0696. The van der Waals surface area contributed by atoms with Crippen molar-refractivity contribution < 1.29 is 19.4 Å². The Labute approximate surface area is 177 Å². The van der Waals surface area contributed by atoms with Gasteiger partial charge in [0.05, 0.1) is 11.1 Å². The van der Waals surface area contributed by atoms with E-state index in [1.54, 1.807) is 36.4 Å². The summed E-state index contributed by atoms with van der Waals surface area (Å²) >= 11 is 0. The second-order valence-corrected chi connectivity index (χ2v) is 7.24. The van der Waals surface area contributed by atoms with Gasteiger partial charge in [-0.05, 0) is 59.8 Å². The molecule has 0 atom stereocenters. The van der Waals surface area contributed by atoms with Crippen molar-refractivity contribution in [3.05, 3.63) is 83.7 Å². The molecule has 5 rings (SSSR count). The maximum atomic E-state index is 13.4. The summed E-state index contributed by atoms with van der Waals surface area (Å²) in [5, 5.41) is 22.2. The SMILES string of the molecule is CCc1c(N)cccc1C(=O)O.Oc1ccc2ccc3c4cc(F)ccc4[nH]c3c2c1. The van der Waals surface area contributed by atoms with E-state index in [9.17, 15) is 14.3 Å². The second-order valence-electron chi connectivity index (χ2n) is 7.24. The van der Waals surface area contributed by atoms with Crippen molar-refractivity contribution >= 4 is 44.2 Å². The average molecular weight is 416 g/mol. The number of carboxylic acids is 1. The monoisotopic (exact) mass is 416 g/mol. The molecule has 0 spiro atoms. The fourth-order valence-corrected chi connectivity index (χ4v) is 3.85. The second kappa shape index (κ2) is 7.99. The Hall–Kier alpha value is -4.06. The maximum absolute atomic E-state index is 13.4. The largest absolute Gasteiger partial charge is 0.508 e. The molecule has 1 heterocycles. The fourth-order valence-electron chi connectivity index (χ4n) is 3.85. The van der Waals surface area contributed by atoms with E-state index in [0.29, 0.717) is 23.2 Å². The van der Waals surface area contributed by atoms with Crippen LogP contribution in [0.3, 0.4) is 0 Å². The zero-order valence-electron chi connectivity index (χ0n) is 16.8. The zero-order valence-corrected chi connectivity index (χ0v) is 16.8. The number of H-pyrrole nitrogens is 1. The van der Waals surface area contributed by atoms with Crippen molar-refractivity contribution in [1.29, 1.82) is 0 Å². The van der Waals surface area contributed by atoms with Crippen LogP contribution in [-0.4, -0.2) is 21.2 Å². The number of fused-ring (bicyclic) bond motifs is 5. The Balaban J connectivity index is 0.000000168. The minimum absolute atomic E-state index is 0.227. The molecule has 4 aromatic carbocycles. The number of hydrogen-bond acceptors (Lipinski definition) is 3. The Bertz CT molecular complexity index is 1440. The molecule has 156 valence electrons. The zero-order chi connectivity index (χ0) is 22.1. The van der Waals surface area contributed by atoms with Crippen LogP contribution in [0, 0.1) is 5.82 Å². The van der Waals surface area contributed by atoms with Gasteiger partial charge in [0, 0.05) is 27.4 Å². The molecule has 0 unspecified atom stereocenters. The molecular formula is C25H21FN2O3. The standard InChI is InChI=1S/C16H10FNO.C9H11NO2/c17-10-3-6-15-14(7-10)12-5-2-9-1-4-11(19)8-13(9)16(12)18-15;1-2-6-7(9(11)12)4-3-5-8(6)10/h1-8,18-19H;3-5H,2,10H2,1H3,(H,11,12). The summed E-state index contributed by atoms with van der Waals surface area (Å²) in [5.74, 6) is -0.937. The molecule has 0 saturated heterocycles. The minimum Gasteiger partial charge on any atom is -0.508 e. The van der Waals surface area contributed by atoms with Crippen LogP contribution in [0.2, 0.25) is 0 Å². The Kier molecular flexibility index (Phi) is 5.21. The summed E-state index contributed by atoms with van der Waals surface area (Å²) in [6.45, 7) is 1.89. The number of halogens is 1. The third-order valence-electron chi connectivity index (χ3n) is 5.33. The molecule has 0 amide bonds. The van der Waals surface area contributed by atoms with Gasteiger partial charge in [-0.3, -0.25) is 0 Å². The van der Waals surface area contributed by atoms with E-state index in [0.717, 1.165) is 32.6 Å². The van der Waals surface area contributed by atoms with E-state index in [4.69, 9.17) is 10.8 Å². The Morgan fingerprint density at radius 1 is 1.00 bits per heavy atom. The highest BCUT2D eigenvalue weighted by Gasteiger charge is 2.10. The van der Waals surface area contributed by atoms with Crippen LogP contribution in [0.1, 0.15) is 22.8 Å². The number of carbonyl (C=O) groups is 1. The normalized spacial score (nSPS) is 10.9. The van der Waals surface area contributed by atoms with Gasteiger partial charge in [0.2, 0.25) is 0 Å². The molecule has 5 N–H and O–H groups in total. The highest BCUT2D eigenvalue weighted by molar-refractivity contribution is 6.17. The van der Waals surface area contributed by atoms with Crippen molar-refractivity contribution in [3.63, 3.8) is 0 Å². The van der Waals surface area contributed by atoms with Gasteiger partial charge in [0.1, 0.15) is 11.6 Å². The Morgan fingerprint density at radius 3 is 2.48 bits per heavy atom. The molecule has 5 aromatic rings. The van der Waals surface area contributed by atoms with Crippen molar-refractivity contribution in [2.75, 3.05) is 5.73 Å². The molecule has 6 heteroatoms. The molecule has 0 bridgehead atoms. The summed E-state index contributed by atoms with van der Waals surface area (Å²) in [5.41, 5.74) is 9.00. The summed E-state index contributed by atoms with van der Waals surface area (Å²) in [4.78, 5) is 14.0. The number of anilines is 1. The molecule has 0 saturated carbocycles. The van der Waals surface area contributed by atoms with E-state index >= 15 is 0 Å². The van der Waals surface area contributed by atoms with Gasteiger partial charge >= 0.3 is 5.97 Å². The first-order valence-corrected chi connectivity index (χ1v) is 9.82. The highest BCUT2D eigenvalue weighted by atomic mass is 19.1. The number of carboxylic acid groups (broad SMARTS) is 1. The van der Waals surface area contributed by atoms with E-state index in [1.165, 1.54) is 12.1 Å². The predicted molar refractivity (Wildman–Crippen MR) is 122 cm³/mol. The summed E-state index contributed by atoms with van der Waals surface area (Å²) in [6, 6.07) is 18.9. The molecule has 31 heavy (non-hydrogen) atoms. The first kappa shape index (κ1) is 20.2. The lowest BCUT2D eigenvalue weighted by Crippen LogP contribution is -2.04. The number of phenols is 1. The van der Waals surface area contributed by atoms with Crippen LogP contribution >= 0.6 is 0 Å². The van der Waals surface area contributed by atoms with Gasteiger partial charge in [-0.15, -0.1) is 0 Å². The number of nitrogens with two attached hydrogens (primary N) is 1. The number of benzene rings is 4. The van der Waals surface area contributed by atoms with Gasteiger partial charge in [0.15, 0.2) is 0 Å². The summed E-state index contributed by atoms with van der Waals surface area (Å²) in [7, 11) is 0. The lowest BCUT2D eigenvalue weighted by Gasteiger charge is -2.05. The topological polar surface area (TPSA) is 99.3 Å². The molecule has 0 radical (unpaired) electrons. The minimum atomic E-state index is -0.917. The van der Waals surface area contributed by atoms with Crippen LogP contribution < -0.4 is 5.73 Å². The number of nitrogens with one attached hydrogen (secondary N) is 1. The number of phenolic OH excluding ortho intramolecular Hbond substituents is 1. The molecule has 0 aliphatic rings. The van der Waals surface area contributed by atoms with E-state index < -0.39 is 5.97 Å². The molecule has 5 nitrogen and oxygen atoms in total. The third-order valence-corrected chi connectivity index (χ3v) is 5.33. The van der Waals surface area contributed by atoms with Crippen LogP contribution in [0.15, 0.2) is 66.7 Å². The lowest BCUT2D eigenvalue weighted by atomic mass is 10.0. The van der Waals surface area contributed by atoms with Gasteiger partial charge in [-0.2, -0.15) is 0 Å². The first-order valence-electron chi connectivity index (χ1n) is 9.82. The number of rotatable bonds is 2. The van der Waals surface area contributed by atoms with Crippen molar-refractivity contribution in [2.24, 2.45) is 0 Å². The van der Waals surface area contributed by atoms with Gasteiger partial charge in [-0.1, -0.05) is 31.2 Å². The number of hydrogen-bond donors (Lipinski definition) is 4. The Morgan fingerprint density at radius 2 is 1.77 bits per heavy atom. The molecule has 1 aromatic heterocycles. The molecular weight excluding hydrogens is 395 g/mol. The van der Waals surface area contributed by atoms with E-state index in [1.807, 2.05) is 25.1 Å². The van der Waals surface area contributed by atoms with Crippen LogP contribution in [0.5, 0.6) is 5.75 Å². The first-order chi connectivity index (χ1) is 14.9. The van der Waals surface area contributed by atoms with E-state index in [-0.39, 0.29) is 11.6 Å². The summed E-state index contributed by atoms with van der Waals surface area (Å²) in [6.07, 6.45) is 0.647. The van der Waals surface area contributed by atoms with Gasteiger partial charge in [-0.25, -0.2) is 9.18 Å². The van der Waals surface area contributed by atoms with Crippen molar-refractivity contribution in [2.45, 2.75) is 13.3 Å². The van der Waals surface area contributed by atoms with Crippen LogP contribution in [0.25, 0.3) is 32.6 Å². The van der Waals surface area contributed by atoms with Crippen LogP contribution in [-0.2, 0) is 6.42 Å². The number of aromatic hydroxyl groups is 1. The molecule has 0 aliphatic heterocycles. The number of aromatic amines is 1. The number of aromatic carboxylic acids is 1. The predicted octanol–water partition coefficient (Wildman–Crippen LogP) is 5.85. The van der Waals surface area contributed by atoms with Crippen LogP contribution in [0.4, 0.5) is 10.1 Å².